The molecule has 0 saturated carbocycles. The molecule has 1 N–H and O–H groups in total. The Morgan fingerprint density at radius 3 is 2.71 bits per heavy atom. The van der Waals surface area contributed by atoms with Gasteiger partial charge >= 0.3 is 0 Å². The van der Waals surface area contributed by atoms with Gasteiger partial charge in [-0.2, -0.15) is 0 Å². The Hall–Kier alpha value is -0.530. The zero-order valence-electron chi connectivity index (χ0n) is 8.46. The van der Waals surface area contributed by atoms with E-state index in [0.717, 1.165) is 23.4 Å². The molecule has 0 aromatic heterocycles. The Bertz CT molecular complexity index is 296. The Balaban J connectivity index is 2.88. The van der Waals surface area contributed by atoms with Gasteiger partial charge in [-0.25, -0.2) is 0 Å². The highest BCUT2D eigenvalue weighted by Crippen LogP contribution is 2.23. The Kier molecular flexibility index (Phi) is 4.43. The third kappa shape index (κ3) is 2.73. The molecule has 0 spiro atoms. The molecular formula is C12H16ClO. The predicted molar refractivity (Wildman–Crippen MR) is 60.6 cm³/mol. The summed E-state index contributed by atoms with van der Waals surface area (Å²) in [6.45, 7) is 6.02. The molecule has 1 atom stereocenters. The monoisotopic (exact) mass is 211 g/mol. The van der Waals surface area contributed by atoms with Crippen molar-refractivity contribution >= 4 is 11.6 Å². The second-order valence-electron chi connectivity index (χ2n) is 3.48. The maximum Gasteiger partial charge on any atom is 0.0499 e. The Labute approximate surface area is 90.7 Å². The highest BCUT2D eigenvalue weighted by Gasteiger charge is 2.06. The molecule has 1 aromatic rings. The van der Waals surface area contributed by atoms with Crippen molar-refractivity contribution < 1.29 is 5.11 Å². The van der Waals surface area contributed by atoms with Crippen LogP contribution < -0.4 is 0 Å². The van der Waals surface area contributed by atoms with Gasteiger partial charge in [-0.3, -0.25) is 0 Å². The zero-order valence-corrected chi connectivity index (χ0v) is 9.22. The summed E-state index contributed by atoms with van der Waals surface area (Å²) in [5.41, 5.74) is 2.17. The molecule has 1 unspecified atom stereocenters. The number of aryl methyl sites for hydroxylation is 1. The lowest BCUT2D eigenvalue weighted by atomic mass is 9.99. The number of hydrogen-bond acceptors (Lipinski definition) is 1. The van der Waals surface area contributed by atoms with E-state index in [0.29, 0.717) is 0 Å². The van der Waals surface area contributed by atoms with Crippen LogP contribution in [0.5, 0.6) is 0 Å². The standard InChI is InChI=1S/C12H16ClO/c1-3-4-10-5-6-11(7-12(10)13)9(2)8-14/h5-7,9,14H,2-4,8H2,1H3. The van der Waals surface area contributed by atoms with Gasteiger partial charge in [0.15, 0.2) is 0 Å². The number of benzene rings is 1. The van der Waals surface area contributed by atoms with Crippen LogP contribution in [-0.2, 0) is 6.42 Å². The van der Waals surface area contributed by atoms with Gasteiger partial charge in [-0.15, -0.1) is 0 Å². The smallest absolute Gasteiger partial charge is 0.0499 e. The minimum atomic E-state index is -0.0804. The number of aliphatic hydroxyl groups is 1. The fourth-order valence-electron chi connectivity index (χ4n) is 1.39. The van der Waals surface area contributed by atoms with Gasteiger partial charge in [-0.1, -0.05) is 37.1 Å². The van der Waals surface area contributed by atoms with Crippen LogP contribution >= 0.6 is 11.6 Å². The van der Waals surface area contributed by atoms with Crippen molar-refractivity contribution in [1.29, 1.82) is 0 Å². The highest BCUT2D eigenvalue weighted by atomic mass is 35.5. The lowest BCUT2D eigenvalue weighted by Gasteiger charge is -2.10. The second kappa shape index (κ2) is 5.38. The molecule has 2 heteroatoms. The maximum atomic E-state index is 8.95. The molecule has 0 bridgehead atoms. The first-order chi connectivity index (χ1) is 6.69. The number of aliphatic hydroxyl groups excluding tert-OH is 1. The Morgan fingerprint density at radius 2 is 2.21 bits per heavy atom. The van der Waals surface area contributed by atoms with Crippen molar-refractivity contribution in [3.63, 3.8) is 0 Å². The van der Waals surface area contributed by atoms with Crippen LogP contribution in [0.25, 0.3) is 0 Å². The average molecular weight is 212 g/mol. The van der Waals surface area contributed by atoms with Crippen molar-refractivity contribution in [1.82, 2.24) is 0 Å². The summed E-state index contributed by atoms with van der Waals surface area (Å²) in [4.78, 5) is 0. The molecule has 1 radical (unpaired) electrons. The molecule has 14 heavy (non-hydrogen) atoms. The van der Waals surface area contributed by atoms with Crippen LogP contribution in [0.3, 0.4) is 0 Å². The van der Waals surface area contributed by atoms with E-state index in [2.05, 4.69) is 13.8 Å². The van der Waals surface area contributed by atoms with Crippen LogP contribution in [0.15, 0.2) is 18.2 Å². The van der Waals surface area contributed by atoms with E-state index in [9.17, 15) is 0 Å². The van der Waals surface area contributed by atoms with Crippen molar-refractivity contribution in [3.8, 4) is 0 Å². The van der Waals surface area contributed by atoms with Crippen LogP contribution in [-0.4, -0.2) is 11.7 Å². The number of hydrogen-bond donors (Lipinski definition) is 1. The van der Waals surface area contributed by atoms with Crippen LogP contribution in [0, 0.1) is 6.92 Å². The topological polar surface area (TPSA) is 20.2 Å². The van der Waals surface area contributed by atoms with E-state index < -0.39 is 0 Å². The first kappa shape index (κ1) is 11.5. The highest BCUT2D eigenvalue weighted by molar-refractivity contribution is 6.31. The molecule has 0 saturated heterocycles. The normalized spacial score (nSPS) is 12.9. The summed E-state index contributed by atoms with van der Waals surface area (Å²) < 4.78 is 0. The molecule has 0 amide bonds. The molecule has 1 rings (SSSR count). The lowest BCUT2D eigenvalue weighted by Crippen LogP contribution is -1.99. The molecule has 0 heterocycles. The minimum absolute atomic E-state index is 0.0590. The molecule has 1 nitrogen and oxygen atoms in total. The van der Waals surface area contributed by atoms with Gasteiger partial charge < -0.3 is 5.11 Å². The van der Waals surface area contributed by atoms with Crippen molar-refractivity contribution in [3.05, 3.63) is 41.3 Å². The van der Waals surface area contributed by atoms with E-state index in [1.54, 1.807) is 0 Å². The zero-order chi connectivity index (χ0) is 10.6. The van der Waals surface area contributed by atoms with Gasteiger partial charge in [0.05, 0.1) is 0 Å². The molecule has 0 aliphatic carbocycles. The van der Waals surface area contributed by atoms with Gasteiger partial charge in [0.2, 0.25) is 0 Å². The average Bonchev–Trinajstić information content (AvgIpc) is 2.20. The number of rotatable bonds is 4. The van der Waals surface area contributed by atoms with Crippen molar-refractivity contribution in [2.75, 3.05) is 6.61 Å². The molecule has 0 aliphatic rings. The fraction of sp³-hybridized carbons (Fsp3) is 0.417. The number of halogens is 1. The molecule has 77 valence electrons. The largest absolute Gasteiger partial charge is 0.396 e. The van der Waals surface area contributed by atoms with Gasteiger partial charge in [0, 0.05) is 17.5 Å². The summed E-state index contributed by atoms with van der Waals surface area (Å²) in [7, 11) is 0. The van der Waals surface area contributed by atoms with E-state index >= 15 is 0 Å². The quantitative estimate of drug-likeness (QED) is 0.811. The van der Waals surface area contributed by atoms with Gasteiger partial charge in [0.1, 0.15) is 0 Å². The van der Waals surface area contributed by atoms with Gasteiger partial charge in [-0.05, 0) is 30.5 Å². The summed E-state index contributed by atoms with van der Waals surface area (Å²) in [5, 5.41) is 9.73. The van der Waals surface area contributed by atoms with Gasteiger partial charge in [0.25, 0.3) is 0 Å². The predicted octanol–water partition coefficient (Wildman–Crippen LogP) is 3.20. The van der Waals surface area contributed by atoms with Crippen LogP contribution in [0.1, 0.15) is 30.4 Å². The fourth-order valence-corrected chi connectivity index (χ4v) is 1.68. The van der Waals surface area contributed by atoms with E-state index in [4.69, 9.17) is 16.7 Å². The summed E-state index contributed by atoms with van der Waals surface area (Å²) in [5.74, 6) is -0.0804. The molecule has 0 aliphatic heterocycles. The van der Waals surface area contributed by atoms with Crippen molar-refractivity contribution in [2.24, 2.45) is 0 Å². The second-order valence-corrected chi connectivity index (χ2v) is 3.89. The summed E-state index contributed by atoms with van der Waals surface area (Å²) in [6.07, 6.45) is 2.09. The maximum absolute atomic E-state index is 8.95. The Morgan fingerprint density at radius 1 is 1.50 bits per heavy atom. The molecule has 1 aromatic carbocycles. The molecule has 0 fully saturated rings. The third-order valence-electron chi connectivity index (χ3n) is 2.29. The van der Waals surface area contributed by atoms with Crippen LogP contribution in [0.4, 0.5) is 0 Å². The van der Waals surface area contributed by atoms with E-state index in [-0.39, 0.29) is 12.5 Å². The van der Waals surface area contributed by atoms with Crippen LogP contribution in [0.2, 0.25) is 5.02 Å². The van der Waals surface area contributed by atoms with Crippen molar-refractivity contribution in [2.45, 2.75) is 25.7 Å². The summed E-state index contributed by atoms with van der Waals surface area (Å²) in [6, 6.07) is 5.92. The molecular weight excluding hydrogens is 196 g/mol. The summed E-state index contributed by atoms with van der Waals surface area (Å²) >= 11 is 6.10. The SMILES string of the molecule is [CH2]C(CO)c1ccc(CCC)c(Cl)c1. The lowest BCUT2D eigenvalue weighted by molar-refractivity contribution is 0.282. The first-order valence-corrected chi connectivity index (χ1v) is 5.29. The minimum Gasteiger partial charge on any atom is -0.396 e. The first-order valence-electron chi connectivity index (χ1n) is 4.91. The van der Waals surface area contributed by atoms with E-state index in [1.165, 1.54) is 5.56 Å². The third-order valence-corrected chi connectivity index (χ3v) is 2.64. The van der Waals surface area contributed by atoms with E-state index in [1.807, 2.05) is 18.2 Å².